The van der Waals surface area contributed by atoms with E-state index in [9.17, 15) is 0 Å². The number of nitrogens with one attached hydrogen (secondary N) is 1. The van der Waals surface area contributed by atoms with Crippen molar-refractivity contribution in [2.24, 2.45) is 0 Å². The average molecular weight is 263 g/mol. The van der Waals surface area contributed by atoms with E-state index in [0.717, 1.165) is 11.3 Å². The zero-order valence-electron chi connectivity index (χ0n) is 9.86. The summed E-state index contributed by atoms with van der Waals surface area (Å²) in [5.74, 6) is 0. The lowest BCUT2D eigenvalue weighted by atomic mass is 10.1. The van der Waals surface area contributed by atoms with Crippen LogP contribution >= 0.6 is 11.6 Å². The van der Waals surface area contributed by atoms with Crippen molar-refractivity contribution in [2.45, 2.75) is 6.42 Å². The van der Waals surface area contributed by atoms with E-state index in [1.807, 2.05) is 30.3 Å². The third-order valence-electron chi connectivity index (χ3n) is 2.67. The first-order valence-corrected chi connectivity index (χ1v) is 6.09. The van der Waals surface area contributed by atoms with Gasteiger partial charge >= 0.3 is 0 Å². The molecule has 0 aliphatic carbocycles. The summed E-state index contributed by atoms with van der Waals surface area (Å²) < 4.78 is 0. The predicted molar refractivity (Wildman–Crippen MR) is 76.4 cm³/mol. The third kappa shape index (κ3) is 2.94. The lowest BCUT2D eigenvalue weighted by Crippen LogP contribution is -1.97. The van der Waals surface area contributed by atoms with E-state index in [-0.39, 0.29) is 6.61 Å². The second-order valence-electron chi connectivity index (χ2n) is 4.00. The van der Waals surface area contributed by atoms with E-state index >= 15 is 0 Å². The topological polar surface area (TPSA) is 58.3 Å². The van der Waals surface area contributed by atoms with Gasteiger partial charge in [-0.1, -0.05) is 29.8 Å². The molecule has 0 spiro atoms. The Morgan fingerprint density at radius 2 is 1.83 bits per heavy atom. The highest BCUT2D eigenvalue weighted by atomic mass is 35.5. The van der Waals surface area contributed by atoms with Gasteiger partial charge in [-0.2, -0.15) is 0 Å². The van der Waals surface area contributed by atoms with Gasteiger partial charge in [0, 0.05) is 12.3 Å². The van der Waals surface area contributed by atoms with Crippen LogP contribution < -0.4 is 11.1 Å². The number of nitrogens with two attached hydrogens (primary N) is 1. The molecule has 2 rings (SSSR count). The summed E-state index contributed by atoms with van der Waals surface area (Å²) in [6.07, 6.45) is 0.661. The van der Waals surface area contributed by atoms with E-state index in [2.05, 4.69) is 5.32 Å². The Balaban J connectivity index is 2.18. The van der Waals surface area contributed by atoms with Crippen LogP contribution in [0, 0.1) is 0 Å². The van der Waals surface area contributed by atoms with Crippen molar-refractivity contribution in [2.75, 3.05) is 17.7 Å². The molecule has 0 radical (unpaired) electrons. The molecule has 0 unspecified atom stereocenters. The minimum Gasteiger partial charge on any atom is -0.397 e. The highest BCUT2D eigenvalue weighted by molar-refractivity contribution is 6.34. The van der Waals surface area contributed by atoms with E-state index in [1.54, 1.807) is 12.1 Å². The van der Waals surface area contributed by atoms with Gasteiger partial charge in [-0.3, -0.25) is 0 Å². The number of nitrogen functional groups attached to an aromatic ring is 1. The van der Waals surface area contributed by atoms with Crippen LogP contribution in [-0.2, 0) is 6.42 Å². The molecule has 0 amide bonds. The van der Waals surface area contributed by atoms with Crippen molar-refractivity contribution in [1.82, 2.24) is 0 Å². The monoisotopic (exact) mass is 262 g/mol. The first-order chi connectivity index (χ1) is 8.70. The Morgan fingerprint density at radius 1 is 1.11 bits per heavy atom. The number of aliphatic hydroxyl groups is 1. The van der Waals surface area contributed by atoms with E-state index in [1.165, 1.54) is 0 Å². The molecule has 0 heterocycles. The maximum absolute atomic E-state index is 8.85. The van der Waals surface area contributed by atoms with Gasteiger partial charge in [0.15, 0.2) is 0 Å². The molecule has 18 heavy (non-hydrogen) atoms. The van der Waals surface area contributed by atoms with Crippen LogP contribution in [0.2, 0.25) is 5.02 Å². The molecule has 0 bridgehead atoms. The molecule has 2 aromatic carbocycles. The minimum absolute atomic E-state index is 0.157. The van der Waals surface area contributed by atoms with Crippen molar-refractivity contribution in [3.05, 3.63) is 53.1 Å². The Hall–Kier alpha value is -1.71. The summed E-state index contributed by atoms with van der Waals surface area (Å²) in [5.41, 5.74) is 9.20. The largest absolute Gasteiger partial charge is 0.397 e. The molecule has 4 heteroatoms. The molecule has 0 saturated carbocycles. The average Bonchev–Trinajstić information content (AvgIpc) is 2.36. The van der Waals surface area contributed by atoms with E-state index in [4.69, 9.17) is 22.4 Å². The molecule has 0 atom stereocenters. The minimum atomic E-state index is 0.157. The van der Waals surface area contributed by atoms with Crippen LogP contribution in [0.4, 0.5) is 17.1 Å². The maximum atomic E-state index is 8.85. The second kappa shape index (κ2) is 5.76. The van der Waals surface area contributed by atoms with Gasteiger partial charge in [0.1, 0.15) is 0 Å². The fraction of sp³-hybridized carbons (Fsp3) is 0.143. The van der Waals surface area contributed by atoms with Gasteiger partial charge in [-0.15, -0.1) is 0 Å². The number of anilines is 3. The quantitative estimate of drug-likeness (QED) is 0.742. The molecule has 2 aromatic rings. The van der Waals surface area contributed by atoms with Crippen molar-refractivity contribution < 1.29 is 5.11 Å². The van der Waals surface area contributed by atoms with Crippen LogP contribution in [0.5, 0.6) is 0 Å². The molecule has 0 aliphatic heterocycles. The second-order valence-corrected chi connectivity index (χ2v) is 4.41. The Morgan fingerprint density at radius 3 is 2.44 bits per heavy atom. The van der Waals surface area contributed by atoms with Gasteiger partial charge in [-0.05, 0) is 36.2 Å². The van der Waals surface area contributed by atoms with Crippen LogP contribution in [0.1, 0.15) is 5.56 Å². The summed E-state index contributed by atoms with van der Waals surface area (Å²) in [6.45, 7) is 0.157. The van der Waals surface area contributed by atoms with Crippen LogP contribution in [0.25, 0.3) is 0 Å². The molecule has 0 aromatic heterocycles. The maximum Gasteiger partial charge on any atom is 0.0807 e. The summed E-state index contributed by atoms with van der Waals surface area (Å²) in [6, 6.07) is 13.2. The van der Waals surface area contributed by atoms with E-state index < -0.39 is 0 Å². The number of hydrogen-bond acceptors (Lipinski definition) is 3. The van der Waals surface area contributed by atoms with Crippen molar-refractivity contribution in [3.63, 3.8) is 0 Å². The number of halogens is 1. The highest BCUT2D eigenvalue weighted by Crippen LogP contribution is 2.30. The zero-order chi connectivity index (χ0) is 13.0. The van der Waals surface area contributed by atoms with E-state index in [0.29, 0.717) is 22.8 Å². The molecular weight excluding hydrogens is 248 g/mol. The number of para-hydroxylation sites is 1. The van der Waals surface area contributed by atoms with Crippen LogP contribution in [0.3, 0.4) is 0 Å². The standard InChI is InChI=1S/C14H15ClN2O/c15-12-2-1-3-13(16)14(12)17-11-6-4-10(5-7-11)8-9-18/h1-7,17-18H,8-9,16H2. The van der Waals surface area contributed by atoms with Crippen molar-refractivity contribution in [3.8, 4) is 0 Å². The Bertz CT molecular complexity index is 506. The first-order valence-electron chi connectivity index (χ1n) is 5.71. The fourth-order valence-corrected chi connectivity index (χ4v) is 1.93. The molecule has 0 aliphatic rings. The molecule has 0 saturated heterocycles. The molecule has 4 N–H and O–H groups in total. The molecule has 94 valence electrons. The fourth-order valence-electron chi connectivity index (χ4n) is 1.70. The smallest absolute Gasteiger partial charge is 0.0807 e. The van der Waals surface area contributed by atoms with Crippen molar-refractivity contribution in [1.29, 1.82) is 0 Å². The van der Waals surface area contributed by atoms with Gasteiger partial charge in [0.25, 0.3) is 0 Å². The zero-order valence-corrected chi connectivity index (χ0v) is 10.6. The highest BCUT2D eigenvalue weighted by Gasteiger charge is 2.04. The summed E-state index contributed by atoms with van der Waals surface area (Å²) in [7, 11) is 0. The van der Waals surface area contributed by atoms with Gasteiger partial charge in [0.05, 0.1) is 16.4 Å². The Kier molecular flexibility index (Phi) is 4.07. The van der Waals surface area contributed by atoms with Gasteiger partial charge in [0.2, 0.25) is 0 Å². The normalized spacial score (nSPS) is 10.3. The SMILES string of the molecule is Nc1cccc(Cl)c1Nc1ccc(CCO)cc1. The number of rotatable bonds is 4. The predicted octanol–water partition coefficient (Wildman–Crippen LogP) is 3.20. The van der Waals surface area contributed by atoms with Crippen molar-refractivity contribution >= 4 is 28.7 Å². The van der Waals surface area contributed by atoms with Gasteiger partial charge < -0.3 is 16.2 Å². The number of aliphatic hydroxyl groups excluding tert-OH is 1. The van der Waals surface area contributed by atoms with Crippen LogP contribution in [0.15, 0.2) is 42.5 Å². The number of hydrogen-bond donors (Lipinski definition) is 3. The molecular formula is C14H15ClN2O. The first kappa shape index (κ1) is 12.7. The summed E-state index contributed by atoms with van der Waals surface area (Å²) in [5, 5.41) is 12.6. The number of benzene rings is 2. The lowest BCUT2D eigenvalue weighted by molar-refractivity contribution is 0.299. The summed E-state index contributed by atoms with van der Waals surface area (Å²) >= 11 is 6.08. The summed E-state index contributed by atoms with van der Waals surface area (Å²) in [4.78, 5) is 0. The molecule has 3 nitrogen and oxygen atoms in total. The van der Waals surface area contributed by atoms with Gasteiger partial charge in [-0.25, -0.2) is 0 Å². The Labute approximate surface area is 111 Å². The van der Waals surface area contributed by atoms with Crippen LogP contribution in [-0.4, -0.2) is 11.7 Å². The molecule has 0 fully saturated rings. The third-order valence-corrected chi connectivity index (χ3v) is 2.98. The lowest BCUT2D eigenvalue weighted by Gasteiger charge is -2.11.